The molecule has 0 aromatic heterocycles. The lowest BCUT2D eigenvalue weighted by molar-refractivity contribution is -0.139. The van der Waals surface area contributed by atoms with Gasteiger partial charge in [0.25, 0.3) is 0 Å². The highest BCUT2D eigenvalue weighted by Crippen LogP contribution is 2.12. The first-order valence-corrected chi connectivity index (χ1v) is 8.69. The summed E-state index contributed by atoms with van der Waals surface area (Å²) in [4.78, 5) is 21.6. The van der Waals surface area contributed by atoms with Crippen LogP contribution in [-0.2, 0) is 22.4 Å². The number of carbonyl (C=O) groups excluding carboxylic acids is 1. The molecule has 2 unspecified atom stereocenters. The van der Waals surface area contributed by atoms with E-state index in [9.17, 15) is 9.59 Å². The molecule has 9 heteroatoms. The lowest BCUT2D eigenvalue weighted by Gasteiger charge is -2.11. The summed E-state index contributed by atoms with van der Waals surface area (Å²) in [6, 6.07) is 12.3. The molecule has 0 saturated carbocycles. The predicted octanol–water partition coefficient (Wildman–Crippen LogP) is 1.41. The van der Waals surface area contributed by atoms with E-state index < -0.39 is 12.0 Å². The van der Waals surface area contributed by atoms with Crippen LogP contribution in [-0.4, -0.2) is 53.4 Å². The fourth-order valence-corrected chi connectivity index (χ4v) is 2.39. The monoisotopic (exact) mass is 422 g/mol. The third-order valence-corrected chi connectivity index (χ3v) is 4.09. The summed E-state index contributed by atoms with van der Waals surface area (Å²) < 4.78 is 0. The Balaban J connectivity index is 0. The number of rotatable bonds is 8. The zero-order chi connectivity index (χ0) is 21.1. The zero-order valence-corrected chi connectivity index (χ0v) is 16.6. The third kappa shape index (κ3) is 10.4. The van der Waals surface area contributed by atoms with Gasteiger partial charge in [-0.2, -0.15) is 0 Å². The Labute approximate surface area is 177 Å². The van der Waals surface area contributed by atoms with Crippen LogP contribution in [0.25, 0.3) is 0 Å². The van der Waals surface area contributed by atoms with Gasteiger partial charge in [0.1, 0.15) is 17.5 Å². The molecule has 1 amide bonds. The summed E-state index contributed by atoms with van der Waals surface area (Å²) in [5.41, 5.74) is 7.01. The van der Waals surface area contributed by atoms with E-state index >= 15 is 0 Å². The Morgan fingerprint density at radius 3 is 1.43 bits per heavy atom. The number of likely N-dealkylation sites (N-methyl/N-ethyl adjacent to an activating group) is 2. The van der Waals surface area contributed by atoms with Crippen LogP contribution in [0.4, 0.5) is 0 Å². The molecule has 2 aromatic carbocycles. The highest BCUT2D eigenvalue weighted by atomic mass is 16.4. The van der Waals surface area contributed by atoms with Crippen LogP contribution in [0.15, 0.2) is 48.5 Å². The fraction of sp³-hybridized carbons (Fsp3) is 0.333. The molecular formula is C21H34N4O5. The lowest BCUT2D eigenvalue weighted by Crippen LogP contribution is -2.40. The molecule has 0 aliphatic carbocycles. The summed E-state index contributed by atoms with van der Waals surface area (Å²) >= 11 is 0. The van der Waals surface area contributed by atoms with Crippen LogP contribution in [0.3, 0.4) is 0 Å². The van der Waals surface area contributed by atoms with Crippen LogP contribution < -0.4 is 22.5 Å². The Morgan fingerprint density at radius 1 is 0.833 bits per heavy atom. The van der Waals surface area contributed by atoms with Crippen molar-refractivity contribution in [1.82, 2.24) is 16.8 Å². The van der Waals surface area contributed by atoms with Crippen LogP contribution in [0.5, 0.6) is 11.5 Å². The third-order valence-electron chi connectivity index (χ3n) is 4.09. The first-order chi connectivity index (χ1) is 13.3. The maximum Gasteiger partial charge on any atom is 0.321 e. The van der Waals surface area contributed by atoms with Crippen LogP contribution in [0, 0.1) is 0 Å². The Bertz CT molecular complexity index is 685. The summed E-state index contributed by atoms with van der Waals surface area (Å²) in [6.07, 6.45) is 0.943. The first kappa shape index (κ1) is 29.1. The Morgan fingerprint density at radius 2 is 1.17 bits per heavy atom. The average molecular weight is 423 g/mol. The largest absolute Gasteiger partial charge is 0.508 e. The molecule has 0 fully saturated rings. The van der Waals surface area contributed by atoms with E-state index in [4.69, 9.17) is 21.1 Å². The minimum atomic E-state index is -0.874. The van der Waals surface area contributed by atoms with E-state index in [1.165, 1.54) is 0 Å². The summed E-state index contributed by atoms with van der Waals surface area (Å²) in [7, 11) is 3.30. The van der Waals surface area contributed by atoms with Crippen molar-refractivity contribution in [2.24, 2.45) is 5.73 Å². The molecule has 2 atom stereocenters. The van der Waals surface area contributed by atoms with Gasteiger partial charge in [0.05, 0.1) is 6.04 Å². The number of carboxylic acids is 1. The number of hydrogen-bond acceptors (Lipinski definition) is 7. The standard InChI is InChI=1S/C10H14N2O2.C10H13NO3.CH4.H3N/c1-12-9(10(11)14)6-7-2-4-8(13)5-3-7;1-11-9(10(13)14)6-7-2-4-8(12)5-3-7;;/h2-5,9,12-13H,6H2,1H3,(H2,11,14);2-5,9,11-12H,6H2,1H3,(H,13,14);1H4;1H3. The number of nitrogens with two attached hydrogens (primary N) is 1. The van der Waals surface area contributed by atoms with Crippen LogP contribution in [0.1, 0.15) is 18.6 Å². The van der Waals surface area contributed by atoms with Gasteiger partial charge >= 0.3 is 5.97 Å². The smallest absolute Gasteiger partial charge is 0.321 e. The van der Waals surface area contributed by atoms with E-state index in [0.29, 0.717) is 12.8 Å². The number of carbonyl (C=O) groups is 2. The molecular weight excluding hydrogens is 388 g/mol. The number of carboxylic acid groups (broad SMARTS) is 1. The fourth-order valence-electron chi connectivity index (χ4n) is 2.39. The molecule has 0 bridgehead atoms. The topological polar surface area (TPSA) is 180 Å². The quantitative estimate of drug-likeness (QED) is 0.333. The van der Waals surface area contributed by atoms with Crippen molar-refractivity contribution in [1.29, 1.82) is 0 Å². The van der Waals surface area contributed by atoms with Crippen molar-refractivity contribution in [3.63, 3.8) is 0 Å². The molecule has 10 N–H and O–H groups in total. The molecule has 0 aliphatic heterocycles. The number of primary amides is 1. The lowest BCUT2D eigenvalue weighted by atomic mass is 10.1. The first-order valence-electron chi connectivity index (χ1n) is 8.69. The van der Waals surface area contributed by atoms with Gasteiger partial charge in [0, 0.05) is 0 Å². The Kier molecular flexibility index (Phi) is 14.3. The van der Waals surface area contributed by atoms with Crippen molar-refractivity contribution in [2.75, 3.05) is 14.1 Å². The van der Waals surface area contributed by atoms with Gasteiger partial charge in [-0.3, -0.25) is 9.59 Å². The second kappa shape index (κ2) is 14.8. The van der Waals surface area contributed by atoms with Gasteiger partial charge in [-0.25, -0.2) is 0 Å². The van der Waals surface area contributed by atoms with E-state index in [0.717, 1.165) is 11.1 Å². The van der Waals surface area contributed by atoms with Crippen molar-refractivity contribution in [2.45, 2.75) is 32.4 Å². The number of aliphatic carboxylic acids is 1. The molecule has 0 heterocycles. The number of phenolic OH excluding ortho intramolecular Hbond substituents is 2. The van der Waals surface area contributed by atoms with Gasteiger partial charge in [-0.1, -0.05) is 31.7 Å². The van der Waals surface area contributed by atoms with Gasteiger partial charge in [0.15, 0.2) is 0 Å². The zero-order valence-electron chi connectivity index (χ0n) is 16.6. The van der Waals surface area contributed by atoms with Crippen LogP contribution in [0.2, 0.25) is 0 Å². The predicted molar refractivity (Wildman–Crippen MR) is 118 cm³/mol. The molecule has 168 valence electrons. The van der Waals surface area contributed by atoms with E-state index in [1.54, 1.807) is 62.6 Å². The second-order valence-corrected chi connectivity index (χ2v) is 6.16. The molecule has 0 aliphatic rings. The molecule has 0 radical (unpaired) electrons. The highest BCUT2D eigenvalue weighted by molar-refractivity contribution is 5.80. The number of amides is 1. The van der Waals surface area contributed by atoms with Gasteiger partial charge in [0.2, 0.25) is 5.91 Å². The molecule has 0 saturated heterocycles. The number of phenols is 2. The molecule has 2 rings (SSSR count). The van der Waals surface area contributed by atoms with Crippen molar-refractivity contribution < 1.29 is 24.9 Å². The average Bonchev–Trinajstić information content (AvgIpc) is 2.67. The van der Waals surface area contributed by atoms with Crippen molar-refractivity contribution in [3.05, 3.63) is 59.7 Å². The number of aromatic hydroxyl groups is 2. The maximum atomic E-state index is 10.9. The Hall–Kier alpha value is -3.14. The maximum absolute atomic E-state index is 10.9. The van der Waals surface area contributed by atoms with E-state index in [1.807, 2.05) is 0 Å². The molecule has 9 nitrogen and oxygen atoms in total. The van der Waals surface area contributed by atoms with Gasteiger partial charge in [-0.05, 0) is 62.3 Å². The SMILES string of the molecule is C.CNC(Cc1ccc(O)cc1)C(=O)O.CNC(Cc1ccc(O)cc1)C(N)=O.N. The number of hydrogen-bond donors (Lipinski definition) is 7. The normalized spacial score (nSPS) is 11.5. The minimum absolute atomic E-state index is 0. The number of nitrogens with one attached hydrogen (secondary N) is 2. The molecule has 30 heavy (non-hydrogen) atoms. The van der Waals surface area contributed by atoms with Crippen molar-refractivity contribution >= 4 is 11.9 Å². The second-order valence-electron chi connectivity index (χ2n) is 6.16. The minimum Gasteiger partial charge on any atom is -0.508 e. The molecule has 0 spiro atoms. The number of benzene rings is 2. The summed E-state index contributed by atoms with van der Waals surface area (Å²) in [5, 5.41) is 32.4. The highest BCUT2D eigenvalue weighted by Gasteiger charge is 2.15. The molecule has 2 aromatic rings. The summed E-state index contributed by atoms with van der Waals surface area (Å²) in [6.45, 7) is 0. The van der Waals surface area contributed by atoms with Crippen molar-refractivity contribution in [3.8, 4) is 11.5 Å². The van der Waals surface area contributed by atoms with Crippen LogP contribution >= 0.6 is 0 Å². The van der Waals surface area contributed by atoms with E-state index in [-0.39, 0.29) is 37.0 Å². The van der Waals surface area contributed by atoms with E-state index in [2.05, 4.69) is 10.6 Å². The van der Waals surface area contributed by atoms with Gasteiger partial charge in [-0.15, -0.1) is 0 Å². The van der Waals surface area contributed by atoms with Gasteiger partial charge < -0.3 is 37.8 Å². The summed E-state index contributed by atoms with van der Waals surface area (Å²) in [5.74, 6) is -0.847.